The number of nitrogens with one attached hydrogen (secondary N) is 4. The summed E-state index contributed by atoms with van der Waals surface area (Å²) in [6.07, 6.45) is 3.57. The number of halogens is 1. The molecule has 1 aliphatic heterocycles. The maximum absolute atomic E-state index is 12.9. The fourth-order valence-electron chi connectivity index (χ4n) is 3.86. The number of anilines is 2. The van der Waals surface area contributed by atoms with Crippen LogP contribution in [0.5, 0.6) is 5.75 Å². The predicted octanol–water partition coefficient (Wildman–Crippen LogP) is 4.67. The number of aromatic amines is 1. The van der Waals surface area contributed by atoms with Crippen molar-refractivity contribution in [3.8, 4) is 5.75 Å². The SMILES string of the molecule is Cc1ccc(Br)cc1NC(=O)c1nc[nH]c1C(=O)Nc1ccc(OCC2CCNCC2)cc1C. The fraction of sp³-hybridized carbons (Fsp3) is 0.320. The molecule has 0 aliphatic carbocycles. The van der Waals surface area contributed by atoms with Gasteiger partial charge >= 0.3 is 0 Å². The Balaban J connectivity index is 1.40. The van der Waals surface area contributed by atoms with Crippen LogP contribution in [0.25, 0.3) is 0 Å². The number of piperidine rings is 1. The van der Waals surface area contributed by atoms with E-state index < -0.39 is 11.8 Å². The first-order chi connectivity index (χ1) is 16.4. The maximum atomic E-state index is 12.9. The van der Waals surface area contributed by atoms with E-state index in [1.54, 1.807) is 6.07 Å². The number of hydrogen-bond donors (Lipinski definition) is 4. The first-order valence-corrected chi connectivity index (χ1v) is 12.1. The first kappa shape index (κ1) is 24.0. The zero-order valence-corrected chi connectivity index (χ0v) is 20.8. The number of nitrogens with zero attached hydrogens (tertiary/aromatic N) is 1. The molecule has 34 heavy (non-hydrogen) atoms. The van der Waals surface area contributed by atoms with Gasteiger partial charge in [-0.15, -0.1) is 0 Å². The quantitative estimate of drug-likeness (QED) is 0.358. The van der Waals surface area contributed by atoms with Crippen LogP contribution >= 0.6 is 15.9 Å². The van der Waals surface area contributed by atoms with Gasteiger partial charge in [0, 0.05) is 15.8 Å². The normalized spacial score (nSPS) is 14.0. The number of benzene rings is 2. The molecule has 0 radical (unpaired) electrons. The lowest BCUT2D eigenvalue weighted by Crippen LogP contribution is -2.30. The minimum atomic E-state index is -0.467. The third-order valence-electron chi connectivity index (χ3n) is 5.92. The Bertz CT molecular complexity index is 1190. The van der Waals surface area contributed by atoms with Crippen LogP contribution in [0.15, 0.2) is 47.2 Å². The molecule has 2 heterocycles. The lowest BCUT2D eigenvalue weighted by atomic mass is 9.99. The van der Waals surface area contributed by atoms with Gasteiger partial charge in [0.2, 0.25) is 0 Å². The van der Waals surface area contributed by atoms with Gasteiger partial charge in [-0.3, -0.25) is 9.59 Å². The minimum absolute atomic E-state index is 0.0245. The van der Waals surface area contributed by atoms with Crippen molar-refractivity contribution in [1.29, 1.82) is 0 Å². The van der Waals surface area contributed by atoms with Crippen LogP contribution in [0.1, 0.15) is 44.9 Å². The fourth-order valence-corrected chi connectivity index (χ4v) is 4.22. The highest BCUT2D eigenvalue weighted by Crippen LogP contribution is 2.24. The largest absolute Gasteiger partial charge is 0.493 e. The van der Waals surface area contributed by atoms with E-state index in [-0.39, 0.29) is 11.4 Å². The highest BCUT2D eigenvalue weighted by molar-refractivity contribution is 9.10. The number of aryl methyl sites for hydroxylation is 2. The van der Waals surface area contributed by atoms with Gasteiger partial charge in [0.1, 0.15) is 11.4 Å². The zero-order chi connectivity index (χ0) is 24.1. The Morgan fingerprint density at radius 1 is 1.03 bits per heavy atom. The second-order valence-electron chi connectivity index (χ2n) is 8.47. The molecule has 8 nitrogen and oxygen atoms in total. The van der Waals surface area contributed by atoms with Crippen LogP contribution in [0, 0.1) is 19.8 Å². The summed E-state index contributed by atoms with van der Waals surface area (Å²) in [5.41, 5.74) is 3.17. The maximum Gasteiger partial charge on any atom is 0.276 e. The molecule has 2 aromatic carbocycles. The molecule has 9 heteroatoms. The third kappa shape index (κ3) is 5.84. The molecule has 2 amide bonds. The van der Waals surface area contributed by atoms with Gasteiger partial charge in [-0.2, -0.15) is 0 Å². The van der Waals surface area contributed by atoms with E-state index in [1.807, 2.05) is 44.2 Å². The van der Waals surface area contributed by atoms with Gasteiger partial charge < -0.3 is 25.7 Å². The van der Waals surface area contributed by atoms with Crippen molar-refractivity contribution in [2.45, 2.75) is 26.7 Å². The van der Waals surface area contributed by atoms with Crippen molar-refractivity contribution in [3.63, 3.8) is 0 Å². The summed E-state index contributed by atoms with van der Waals surface area (Å²) in [4.78, 5) is 32.6. The van der Waals surface area contributed by atoms with Gasteiger partial charge in [0.05, 0.1) is 12.9 Å². The van der Waals surface area contributed by atoms with Crippen LogP contribution in [0.3, 0.4) is 0 Å². The summed E-state index contributed by atoms with van der Waals surface area (Å²) in [6, 6.07) is 11.2. The molecule has 1 saturated heterocycles. The Kier molecular flexibility index (Phi) is 7.64. The molecule has 1 fully saturated rings. The van der Waals surface area contributed by atoms with E-state index in [9.17, 15) is 9.59 Å². The standard InChI is InChI=1S/C25H28BrN5O3/c1-15-3-4-18(26)12-21(15)31-25(33)23-22(28-14-29-23)24(32)30-20-6-5-19(11-16(20)2)34-13-17-7-9-27-10-8-17/h3-6,11-12,14,17,27H,7-10,13H2,1-2H3,(H,28,29)(H,30,32)(H,31,33). The third-order valence-corrected chi connectivity index (χ3v) is 6.41. The molecule has 0 unspecified atom stereocenters. The van der Waals surface area contributed by atoms with Crippen LogP contribution in [0.2, 0.25) is 0 Å². The average molecular weight is 526 g/mol. The first-order valence-electron chi connectivity index (χ1n) is 11.3. The molecule has 1 aliphatic rings. The Hall–Kier alpha value is -3.17. The molecule has 0 atom stereocenters. The lowest BCUT2D eigenvalue weighted by Gasteiger charge is -2.22. The summed E-state index contributed by atoms with van der Waals surface area (Å²) in [6.45, 7) is 6.56. The highest BCUT2D eigenvalue weighted by Gasteiger charge is 2.22. The summed E-state index contributed by atoms with van der Waals surface area (Å²) in [5.74, 6) is 0.428. The van der Waals surface area contributed by atoms with Crippen LogP contribution < -0.4 is 20.7 Å². The second-order valence-corrected chi connectivity index (χ2v) is 9.39. The van der Waals surface area contributed by atoms with Crippen molar-refractivity contribution in [2.24, 2.45) is 5.92 Å². The zero-order valence-electron chi connectivity index (χ0n) is 19.2. The van der Waals surface area contributed by atoms with Crippen molar-refractivity contribution >= 4 is 39.1 Å². The van der Waals surface area contributed by atoms with E-state index in [0.29, 0.717) is 23.9 Å². The van der Waals surface area contributed by atoms with Crippen molar-refractivity contribution in [1.82, 2.24) is 15.3 Å². The molecule has 0 spiro atoms. The highest BCUT2D eigenvalue weighted by atomic mass is 79.9. The lowest BCUT2D eigenvalue weighted by molar-refractivity contribution is 0.0985. The average Bonchev–Trinajstić information content (AvgIpc) is 3.33. The molecular formula is C25H28BrN5O3. The molecule has 4 N–H and O–H groups in total. The number of carbonyl (C=O) groups is 2. The monoisotopic (exact) mass is 525 g/mol. The molecule has 1 aromatic heterocycles. The predicted molar refractivity (Wildman–Crippen MR) is 136 cm³/mol. The van der Waals surface area contributed by atoms with E-state index in [4.69, 9.17) is 4.74 Å². The molecule has 0 saturated carbocycles. The number of carbonyl (C=O) groups excluding carboxylic acids is 2. The summed E-state index contributed by atoms with van der Waals surface area (Å²) < 4.78 is 6.81. The minimum Gasteiger partial charge on any atom is -0.493 e. The van der Waals surface area contributed by atoms with Crippen molar-refractivity contribution in [3.05, 3.63) is 69.7 Å². The summed E-state index contributed by atoms with van der Waals surface area (Å²) in [7, 11) is 0. The second kappa shape index (κ2) is 10.8. The van der Waals surface area contributed by atoms with Gasteiger partial charge in [0.15, 0.2) is 5.69 Å². The molecule has 0 bridgehead atoms. The molecular weight excluding hydrogens is 498 g/mol. The van der Waals surface area contributed by atoms with E-state index in [0.717, 1.165) is 47.3 Å². The summed E-state index contributed by atoms with van der Waals surface area (Å²) >= 11 is 3.40. The van der Waals surface area contributed by atoms with Crippen molar-refractivity contribution < 1.29 is 14.3 Å². The number of H-pyrrole nitrogens is 1. The summed E-state index contributed by atoms with van der Waals surface area (Å²) in [5, 5.41) is 9.04. The number of imidazole rings is 1. The van der Waals surface area contributed by atoms with Gasteiger partial charge in [-0.1, -0.05) is 22.0 Å². The number of aromatic nitrogens is 2. The number of amides is 2. The Morgan fingerprint density at radius 3 is 2.56 bits per heavy atom. The smallest absolute Gasteiger partial charge is 0.276 e. The van der Waals surface area contributed by atoms with Crippen LogP contribution in [-0.4, -0.2) is 41.5 Å². The van der Waals surface area contributed by atoms with Gasteiger partial charge in [-0.05, 0) is 87.2 Å². The van der Waals surface area contributed by atoms with Gasteiger partial charge in [0.25, 0.3) is 11.8 Å². The number of rotatable bonds is 7. The number of hydrogen-bond acceptors (Lipinski definition) is 5. The van der Waals surface area contributed by atoms with E-state index in [2.05, 4.69) is 41.8 Å². The van der Waals surface area contributed by atoms with Crippen molar-refractivity contribution in [2.75, 3.05) is 30.3 Å². The van der Waals surface area contributed by atoms with E-state index in [1.165, 1.54) is 6.33 Å². The number of ether oxygens (including phenoxy) is 1. The Labute approximate surface area is 207 Å². The molecule has 4 rings (SSSR count). The van der Waals surface area contributed by atoms with E-state index >= 15 is 0 Å². The topological polar surface area (TPSA) is 108 Å². The Morgan fingerprint density at radius 2 is 1.79 bits per heavy atom. The molecule has 178 valence electrons. The van der Waals surface area contributed by atoms with Crippen LogP contribution in [0.4, 0.5) is 11.4 Å². The van der Waals surface area contributed by atoms with Crippen LogP contribution in [-0.2, 0) is 0 Å². The molecule has 3 aromatic rings. The van der Waals surface area contributed by atoms with Gasteiger partial charge in [-0.25, -0.2) is 4.98 Å².